The molecular formula is C26H34O6. The number of allylic oxidation sites excluding steroid dienone is 1. The summed E-state index contributed by atoms with van der Waals surface area (Å²) in [5, 5.41) is 34.2. The molecule has 174 valence electrons. The standard InChI is InChI=1S/C26H34O6/c1-23-12-32-20-21(23)26(4,19(29)10-17(23)27)16-9-18(28)24(2)14(13-7-8-31-11-13)5-6-15(24)25(16,3)22(20)30/h6-8,11,14,16-17,19-22,27,29-30H,5,9-10,12H2,1-4H3/t14-,16-,17+,19-,20+,21-,22+,23+,24+,25-,26-/m0/s1. The monoisotopic (exact) mass is 442 g/mol. The molecule has 0 amide bonds. The Hall–Kier alpha value is -1.47. The first-order valence-electron chi connectivity index (χ1n) is 11.9. The second-order valence-electron chi connectivity index (χ2n) is 12.0. The fourth-order valence-electron chi connectivity index (χ4n) is 9.18. The summed E-state index contributed by atoms with van der Waals surface area (Å²) in [4.78, 5) is 13.9. The molecule has 5 aliphatic rings. The number of Topliss-reactive ketones (excluding diaryl/α,β-unsaturated/α-hetero) is 1. The van der Waals surface area contributed by atoms with Crippen molar-refractivity contribution in [2.75, 3.05) is 6.61 Å². The van der Waals surface area contributed by atoms with Crippen molar-refractivity contribution < 1.29 is 29.3 Å². The van der Waals surface area contributed by atoms with Gasteiger partial charge >= 0.3 is 0 Å². The molecule has 3 N–H and O–H groups in total. The molecular weight excluding hydrogens is 408 g/mol. The maximum Gasteiger partial charge on any atom is 0.143 e. The van der Waals surface area contributed by atoms with Crippen molar-refractivity contribution >= 4 is 5.78 Å². The molecule has 6 nitrogen and oxygen atoms in total. The van der Waals surface area contributed by atoms with E-state index in [1.165, 1.54) is 0 Å². The molecule has 3 saturated carbocycles. The number of hydrogen-bond donors (Lipinski definition) is 3. The summed E-state index contributed by atoms with van der Waals surface area (Å²) in [5.74, 6) is -0.303. The number of rotatable bonds is 1. The fourth-order valence-corrected chi connectivity index (χ4v) is 9.18. The average molecular weight is 443 g/mol. The van der Waals surface area contributed by atoms with Crippen LogP contribution in [0.2, 0.25) is 0 Å². The van der Waals surface area contributed by atoms with Crippen LogP contribution in [0.4, 0.5) is 0 Å². The van der Waals surface area contributed by atoms with Crippen LogP contribution in [0, 0.1) is 33.5 Å². The lowest BCUT2D eigenvalue weighted by molar-refractivity contribution is -0.252. The summed E-state index contributed by atoms with van der Waals surface area (Å²) in [6, 6.07) is 1.93. The Morgan fingerprint density at radius 2 is 1.84 bits per heavy atom. The van der Waals surface area contributed by atoms with E-state index < -0.39 is 46.1 Å². The van der Waals surface area contributed by atoms with E-state index in [2.05, 4.69) is 19.9 Å². The predicted octanol–water partition coefficient (Wildman–Crippen LogP) is 2.82. The van der Waals surface area contributed by atoms with Crippen molar-refractivity contribution in [3.63, 3.8) is 0 Å². The van der Waals surface area contributed by atoms with Gasteiger partial charge in [-0.3, -0.25) is 4.79 Å². The zero-order chi connectivity index (χ0) is 22.8. The van der Waals surface area contributed by atoms with Crippen LogP contribution < -0.4 is 0 Å². The Balaban J connectivity index is 1.52. The Morgan fingerprint density at radius 3 is 2.53 bits per heavy atom. The van der Waals surface area contributed by atoms with Gasteiger partial charge in [0.25, 0.3) is 0 Å². The first-order chi connectivity index (χ1) is 15.0. The van der Waals surface area contributed by atoms with Crippen LogP contribution in [0.15, 0.2) is 34.7 Å². The molecule has 32 heavy (non-hydrogen) atoms. The summed E-state index contributed by atoms with van der Waals surface area (Å²) in [7, 11) is 0. The van der Waals surface area contributed by atoms with Crippen LogP contribution in [0.1, 0.15) is 58.4 Å². The number of hydrogen-bond acceptors (Lipinski definition) is 6. The Morgan fingerprint density at radius 1 is 1.09 bits per heavy atom. The van der Waals surface area contributed by atoms with Crippen molar-refractivity contribution in [1.29, 1.82) is 0 Å². The van der Waals surface area contributed by atoms with Gasteiger partial charge in [0.1, 0.15) is 5.78 Å². The zero-order valence-corrected chi connectivity index (χ0v) is 19.2. The quantitative estimate of drug-likeness (QED) is 0.579. The lowest BCUT2D eigenvalue weighted by atomic mass is 9.36. The van der Waals surface area contributed by atoms with Crippen molar-refractivity contribution in [2.45, 2.75) is 77.3 Å². The zero-order valence-electron chi connectivity index (χ0n) is 19.2. The van der Waals surface area contributed by atoms with Gasteiger partial charge in [-0.15, -0.1) is 0 Å². The van der Waals surface area contributed by atoms with E-state index in [9.17, 15) is 20.1 Å². The molecule has 1 aliphatic heterocycles. The van der Waals surface area contributed by atoms with E-state index in [0.29, 0.717) is 13.0 Å². The number of carbonyl (C=O) groups is 1. The van der Waals surface area contributed by atoms with Crippen molar-refractivity contribution in [2.24, 2.45) is 33.5 Å². The highest BCUT2D eigenvalue weighted by atomic mass is 16.5. The maximum atomic E-state index is 13.9. The summed E-state index contributed by atoms with van der Waals surface area (Å²) >= 11 is 0. The third-order valence-electron chi connectivity index (χ3n) is 10.9. The number of ketones is 1. The van der Waals surface area contributed by atoms with Gasteiger partial charge in [0.05, 0.1) is 49.0 Å². The highest BCUT2D eigenvalue weighted by molar-refractivity contribution is 5.92. The summed E-state index contributed by atoms with van der Waals surface area (Å²) < 4.78 is 11.6. The Kier molecular flexibility index (Phi) is 4.05. The van der Waals surface area contributed by atoms with Crippen molar-refractivity contribution in [1.82, 2.24) is 0 Å². The molecule has 2 heterocycles. The molecule has 0 spiro atoms. The van der Waals surface area contributed by atoms with E-state index in [1.54, 1.807) is 12.5 Å². The second kappa shape index (κ2) is 6.15. The topological polar surface area (TPSA) is 100 Å². The van der Waals surface area contributed by atoms with Crippen LogP contribution >= 0.6 is 0 Å². The van der Waals surface area contributed by atoms with Gasteiger partial charge < -0.3 is 24.5 Å². The average Bonchev–Trinajstić information content (AvgIpc) is 3.46. The van der Waals surface area contributed by atoms with Crippen LogP contribution in [-0.4, -0.2) is 52.1 Å². The molecule has 1 aromatic heterocycles. The Bertz CT molecular complexity index is 1000. The van der Waals surface area contributed by atoms with Gasteiger partial charge in [0.2, 0.25) is 0 Å². The number of fused-ring (bicyclic) bond motifs is 4. The van der Waals surface area contributed by atoms with Crippen LogP contribution in [0.3, 0.4) is 0 Å². The van der Waals surface area contributed by atoms with E-state index in [0.717, 1.165) is 17.6 Å². The summed E-state index contributed by atoms with van der Waals surface area (Å²) in [6.45, 7) is 8.54. The molecule has 4 aliphatic carbocycles. The number of ether oxygens (including phenoxy) is 1. The highest BCUT2D eigenvalue weighted by Gasteiger charge is 2.77. The molecule has 6 heteroatoms. The number of aliphatic hydroxyl groups excluding tert-OH is 3. The van der Waals surface area contributed by atoms with Gasteiger partial charge in [-0.05, 0) is 30.9 Å². The Labute approximate surface area is 188 Å². The van der Waals surface area contributed by atoms with Crippen LogP contribution in [0.25, 0.3) is 0 Å². The molecule has 0 aromatic carbocycles. The van der Waals surface area contributed by atoms with Crippen molar-refractivity contribution in [3.8, 4) is 0 Å². The van der Waals surface area contributed by atoms with Crippen LogP contribution in [0.5, 0.6) is 0 Å². The lowest BCUT2D eigenvalue weighted by Crippen LogP contribution is -2.73. The smallest absolute Gasteiger partial charge is 0.143 e. The van der Waals surface area contributed by atoms with Gasteiger partial charge in [0.15, 0.2) is 0 Å². The summed E-state index contributed by atoms with van der Waals surface area (Å²) in [6.07, 6.45) is 4.06. The largest absolute Gasteiger partial charge is 0.472 e. The molecule has 1 saturated heterocycles. The predicted molar refractivity (Wildman–Crippen MR) is 116 cm³/mol. The minimum absolute atomic E-state index is 0.0212. The SMILES string of the molecule is C[C@]12C(=O)C[C@H]3[C@](C)(C1=CC[C@H]2c1ccoc1)[C@H](O)[C@@H]1OC[C@]2(C)[C@H](O)C[C@H](O)[C@@]3(C)[C@@H]12. The fraction of sp³-hybridized carbons (Fsp3) is 0.731. The molecule has 6 rings (SSSR count). The maximum absolute atomic E-state index is 13.9. The number of furan rings is 1. The minimum atomic E-state index is -0.813. The molecule has 0 radical (unpaired) electrons. The normalized spacial score (nSPS) is 56.4. The second-order valence-corrected chi connectivity index (χ2v) is 12.0. The van der Waals surface area contributed by atoms with E-state index in [1.807, 2.05) is 19.9 Å². The number of carbonyl (C=O) groups excluding carboxylic acids is 1. The summed E-state index contributed by atoms with van der Waals surface area (Å²) in [5.41, 5.74) is -0.622. The molecule has 4 fully saturated rings. The van der Waals surface area contributed by atoms with Gasteiger partial charge in [-0.1, -0.05) is 32.4 Å². The first kappa shape index (κ1) is 21.1. The number of aliphatic hydroxyl groups is 3. The van der Waals surface area contributed by atoms with Gasteiger partial charge in [0, 0.05) is 40.9 Å². The molecule has 11 atom stereocenters. The van der Waals surface area contributed by atoms with E-state index >= 15 is 0 Å². The van der Waals surface area contributed by atoms with Crippen LogP contribution in [-0.2, 0) is 9.53 Å². The molecule has 1 aromatic rings. The van der Waals surface area contributed by atoms with E-state index in [-0.39, 0.29) is 30.0 Å². The minimum Gasteiger partial charge on any atom is -0.472 e. The third-order valence-corrected chi connectivity index (χ3v) is 10.9. The molecule has 0 unspecified atom stereocenters. The van der Waals surface area contributed by atoms with Crippen molar-refractivity contribution in [3.05, 3.63) is 35.8 Å². The highest BCUT2D eigenvalue weighted by Crippen LogP contribution is 2.74. The molecule has 0 bridgehead atoms. The first-order valence-corrected chi connectivity index (χ1v) is 11.9. The van der Waals surface area contributed by atoms with Gasteiger partial charge in [-0.2, -0.15) is 0 Å². The lowest BCUT2D eigenvalue weighted by Gasteiger charge is -2.68. The third kappa shape index (κ3) is 2.06. The van der Waals surface area contributed by atoms with E-state index in [4.69, 9.17) is 9.15 Å². The van der Waals surface area contributed by atoms with Gasteiger partial charge in [-0.25, -0.2) is 0 Å².